The fraction of sp³-hybridized carbons (Fsp3) is 0.500. The van der Waals surface area contributed by atoms with Crippen molar-refractivity contribution < 1.29 is 5.11 Å². The van der Waals surface area contributed by atoms with Gasteiger partial charge in [0.2, 0.25) is 0 Å². The van der Waals surface area contributed by atoms with Gasteiger partial charge in [0.25, 0.3) is 0 Å². The normalized spacial score (nSPS) is 14.7. The van der Waals surface area contributed by atoms with Crippen molar-refractivity contribution in [2.24, 2.45) is 0 Å². The highest BCUT2D eigenvalue weighted by Crippen LogP contribution is 2.24. The number of thioether (sulfide) groups is 1. The van der Waals surface area contributed by atoms with Gasteiger partial charge in [-0.15, -0.1) is 0 Å². The molecule has 0 aliphatic carbocycles. The lowest BCUT2D eigenvalue weighted by molar-refractivity contribution is 0.184. The second-order valence-electron chi connectivity index (χ2n) is 4.88. The van der Waals surface area contributed by atoms with Gasteiger partial charge in [-0.25, -0.2) is 4.98 Å². The Labute approximate surface area is 118 Å². The van der Waals surface area contributed by atoms with Gasteiger partial charge in [-0.2, -0.15) is 11.8 Å². The van der Waals surface area contributed by atoms with Crippen LogP contribution in [-0.4, -0.2) is 26.2 Å². The molecule has 0 aliphatic heterocycles. The first-order valence-corrected chi connectivity index (χ1v) is 7.78. The molecule has 0 fully saturated rings. The maximum absolute atomic E-state index is 9.88. The van der Waals surface area contributed by atoms with Gasteiger partial charge >= 0.3 is 0 Å². The third-order valence-electron chi connectivity index (χ3n) is 3.34. The molecule has 1 heterocycles. The van der Waals surface area contributed by atoms with Crippen LogP contribution >= 0.6 is 11.8 Å². The number of hydrogen-bond donors (Lipinski definition) is 2. The van der Waals surface area contributed by atoms with E-state index in [4.69, 9.17) is 5.73 Å². The summed E-state index contributed by atoms with van der Waals surface area (Å²) in [5.74, 6) is 0.717. The monoisotopic (exact) mass is 279 g/mol. The molecule has 3 N–H and O–H groups in total. The number of benzene rings is 1. The van der Waals surface area contributed by atoms with Crippen molar-refractivity contribution >= 4 is 28.5 Å². The van der Waals surface area contributed by atoms with Crippen LogP contribution in [0.15, 0.2) is 18.2 Å². The third-order valence-corrected chi connectivity index (χ3v) is 4.38. The van der Waals surface area contributed by atoms with Crippen molar-refractivity contribution in [3.63, 3.8) is 0 Å². The number of nitrogens with zero attached hydrogens (tertiary/aromatic N) is 2. The second-order valence-corrected chi connectivity index (χ2v) is 6.16. The highest BCUT2D eigenvalue weighted by atomic mass is 32.2. The number of nitrogen functional groups attached to an aromatic ring is 1. The summed E-state index contributed by atoms with van der Waals surface area (Å²) >= 11 is 1.85. The molecule has 0 radical (unpaired) electrons. The van der Waals surface area contributed by atoms with Crippen molar-refractivity contribution in [3.8, 4) is 0 Å². The highest BCUT2D eigenvalue weighted by Gasteiger charge is 2.15. The van der Waals surface area contributed by atoms with Gasteiger partial charge < -0.3 is 15.4 Å². The lowest BCUT2D eigenvalue weighted by Gasteiger charge is -2.13. The number of hydrogen-bond acceptors (Lipinski definition) is 4. The van der Waals surface area contributed by atoms with Crippen LogP contribution in [0.25, 0.3) is 11.0 Å². The van der Waals surface area contributed by atoms with Gasteiger partial charge in [0.15, 0.2) is 0 Å². The first-order chi connectivity index (χ1) is 9.02. The molecule has 0 amide bonds. The van der Waals surface area contributed by atoms with Crippen LogP contribution in [0.5, 0.6) is 0 Å². The summed E-state index contributed by atoms with van der Waals surface area (Å²) in [6.45, 7) is 4.82. The number of aromatic nitrogens is 2. The SMILES string of the molecule is CSC(C)CCn1c(C(C)O)nc2cc(N)ccc21. The second kappa shape index (κ2) is 5.84. The minimum atomic E-state index is -0.571. The summed E-state index contributed by atoms with van der Waals surface area (Å²) in [6.07, 6.45) is 2.60. The molecule has 104 valence electrons. The molecule has 4 nitrogen and oxygen atoms in total. The highest BCUT2D eigenvalue weighted by molar-refractivity contribution is 7.99. The molecular formula is C14H21N3OS. The summed E-state index contributed by atoms with van der Waals surface area (Å²) in [7, 11) is 0. The summed E-state index contributed by atoms with van der Waals surface area (Å²) in [5.41, 5.74) is 8.38. The van der Waals surface area contributed by atoms with E-state index in [0.29, 0.717) is 16.8 Å². The van der Waals surface area contributed by atoms with E-state index in [0.717, 1.165) is 24.0 Å². The molecule has 2 atom stereocenters. The Bertz CT molecular complexity index is 565. The standard InChI is InChI=1S/C14H21N3OS/c1-9(19-3)6-7-17-13-5-4-11(15)8-12(13)16-14(17)10(2)18/h4-5,8-10,18H,6-7,15H2,1-3H3. The number of aryl methyl sites for hydroxylation is 1. The predicted octanol–water partition coefficient (Wildman–Crippen LogP) is 2.81. The zero-order valence-corrected chi connectivity index (χ0v) is 12.4. The Hall–Kier alpha value is -1.20. The van der Waals surface area contributed by atoms with E-state index in [1.165, 1.54) is 0 Å². The molecule has 2 unspecified atom stereocenters. The largest absolute Gasteiger partial charge is 0.399 e. The van der Waals surface area contributed by atoms with Crippen molar-refractivity contribution in [2.75, 3.05) is 12.0 Å². The summed E-state index contributed by atoms with van der Waals surface area (Å²) in [6, 6.07) is 5.72. The van der Waals surface area contributed by atoms with Crippen LogP contribution in [0.1, 0.15) is 32.2 Å². The zero-order chi connectivity index (χ0) is 14.0. The lowest BCUT2D eigenvalue weighted by atomic mass is 10.2. The van der Waals surface area contributed by atoms with Gasteiger partial charge in [-0.3, -0.25) is 0 Å². The van der Waals surface area contributed by atoms with E-state index < -0.39 is 6.10 Å². The minimum Gasteiger partial charge on any atom is -0.399 e. The summed E-state index contributed by atoms with van der Waals surface area (Å²) < 4.78 is 2.10. The molecule has 0 aliphatic rings. The minimum absolute atomic E-state index is 0.571. The predicted molar refractivity (Wildman–Crippen MR) is 82.4 cm³/mol. The number of aliphatic hydroxyl groups excluding tert-OH is 1. The van der Waals surface area contributed by atoms with Gasteiger partial charge in [0.1, 0.15) is 11.9 Å². The third kappa shape index (κ3) is 3.04. The van der Waals surface area contributed by atoms with Gasteiger partial charge in [-0.05, 0) is 37.8 Å². The van der Waals surface area contributed by atoms with Crippen LogP contribution in [0.2, 0.25) is 0 Å². The van der Waals surface area contributed by atoms with E-state index in [-0.39, 0.29) is 0 Å². The van der Waals surface area contributed by atoms with Gasteiger partial charge in [0, 0.05) is 17.5 Å². The Morgan fingerprint density at radius 3 is 2.79 bits per heavy atom. The average Bonchev–Trinajstić information content (AvgIpc) is 2.73. The maximum atomic E-state index is 9.88. The number of fused-ring (bicyclic) bond motifs is 1. The van der Waals surface area contributed by atoms with Crippen LogP contribution in [-0.2, 0) is 6.54 Å². The molecule has 0 saturated carbocycles. The number of rotatable bonds is 5. The van der Waals surface area contributed by atoms with Crippen molar-refractivity contribution in [1.29, 1.82) is 0 Å². The molecular weight excluding hydrogens is 258 g/mol. The fourth-order valence-electron chi connectivity index (χ4n) is 2.15. The van der Waals surface area contributed by atoms with Crippen molar-refractivity contribution in [3.05, 3.63) is 24.0 Å². The van der Waals surface area contributed by atoms with Crippen molar-refractivity contribution in [2.45, 2.75) is 38.2 Å². The number of imidazole rings is 1. The molecule has 2 aromatic rings. The van der Waals surface area contributed by atoms with Gasteiger partial charge in [-0.1, -0.05) is 6.92 Å². The lowest BCUT2D eigenvalue weighted by Crippen LogP contribution is -2.10. The van der Waals surface area contributed by atoms with Crippen LogP contribution in [0.3, 0.4) is 0 Å². The zero-order valence-electron chi connectivity index (χ0n) is 11.6. The fourth-order valence-corrected chi connectivity index (χ4v) is 2.49. The first-order valence-electron chi connectivity index (χ1n) is 6.49. The molecule has 0 spiro atoms. The van der Waals surface area contributed by atoms with Crippen molar-refractivity contribution in [1.82, 2.24) is 9.55 Å². The molecule has 0 bridgehead atoms. The Morgan fingerprint density at radius 1 is 1.42 bits per heavy atom. The average molecular weight is 279 g/mol. The number of anilines is 1. The van der Waals surface area contributed by atoms with Gasteiger partial charge in [0.05, 0.1) is 11.0 Å². The van der Waals surface area contributed by atoms with Crippen LogP contribution in [0.4, 0.5) is 5.69 Å². The maximum Gasteiger partial charge on any atom is 0.138 e. The molecule has 19 heavy (non-hydrogen) atoms. The Balaban J connectivity index is 2.40. The Kier molecular flexibility index (Phi) is 4.37. The van der Waals surface area contributed by atoms with E-state index in [2.05, 4.69) is 22.7 Å². The van der Waals surface area contributed by atoms with Crippen LogP contribution in [0, 0.1) is 0 Å². The van der Waals surface area contributed by atoms with E-state index in [1.54, 1.807) is 6.92 Å². The smallest absolute Gasteiger partial charge is 0.138 e. The number of aliphatic hydroxyl groups is 1. The van der Waals surface area contributed by atoms with E-state index in [9.17, 15) is 5.11 Å². The van der Waals surface area contributed by atoms with E-state index >= 15 is 0 Å². The molecule has 5 heteroatoms. The topological polar surface area (TPSA) is 64.1 Å². The molecule has 1 aromatic carbocycles. The summed E-state index contributed by atoms with van der Waals surface area (Å²) in [5, 5.41) is 10.5. The van der Waals surface area contributed by atoms with E-state index in [1.807, 2.05) is 30.0 Å². The molecule has 1 aromatic heterocycles. The number of nitrogens with two attached hydrogens (primary N) is 1. The van der Waals surface area contributed by atoms with Crippen LogP contribution < -0.4 is 5.73 Å². The quantitative estimate of drug-likeness (QED) is 0.826. The molecule has 2 rings (SSSR count). The molecule has 0 saturated heterocycles. The first kappa shape index (κ1) is 14.2. The Morgan fingerprint density at radius 2 is 2.16 bits per heavy atom. The summed E-state index contributed by atoms with van der Waals surface area (Å²) in [4.78, 5) is 4.50.